The fourth-order valence-electron chi connectivity index (χ4n) is 2.79. The Labute approximate surface area is 124 Å². The van der Waals surface area contributed by atoms with Gasteiger partial charge in [0.2, 0.25) is 0 Å². The zero-order valence-corrected chi connectivity index (χ0v) is 13.2. The molecule has 1 aromatic rings. The average molecular weight is 299 g/mol. The van der Waals surface area contributed by atoms with Crippen LogP contribution in [-0.4, -0.2) is 9.55 Å². The van der Waals surface area contributed by atoms with E-state index in [1.807, 2.05) is 0 Å². The van der Waals surface area contributed by atoms with Gasteiger partial charge in [-0.3, -0.25) is 14.3 Å². The molecular formula is C15H23ClN2O2. The van der Waals surface area contributed by atoms with Gasteiger partial charge in [0.15, 0.2) is 0 Å². The van der Waals surface area contributed by atoms with Crippen LogP contribution in [0.5, 0.6) is 0 Å². The van der Waals surface area contributed by atoms with Crippen LogP contribution >= 0.6 is 11.6 Å². The summed E-state index contributed by atoms with van der Waals surface area (Å²) in [4.78, 5) is 27.3. The van der Waals surface area contributed by atoms with E-state index in [0.717, 1.165) is 25.7 Å². The van der Waals surface area contributed by atoms with Crippen molar-refractivity contribution in [1.29, 1.82) is 0 Å². The van der Waals surface area contributed by atoms with E-state index in [4.69, 9.17) is 11.6 Å². The molecule has 0 saturated heterocycles. The average Bonchev–Trinajstić information content (AvgIpc) is 2.87. The Balaban J connectivity index is 2.44. The molecule has 0 radical (unpaired) electrons. The normalized spacial score (nSPS) is 17.9. The summed E-state index contributed by atoms with van der Waals surface area (Å²) in [5.41, 5.74) is 0.0205. The van der Waals surface area contributed by atoms with E-state index in [2.05, 4.69) is 25.8 Å². The van der Waals surface area contributed by atoms with Crippen LogP contribution < -0.4 is 11.2 Å². The number of halogens is 1. The molecule has 0 spiro atoms. The molecule has 1 atom stereocenters. The highest BCUT2D eigenvalue weighted by Gasteiger charge is 2.25. The number of nitrogens with zero attached hydrogens (tertiary/aromatic N) is 1. The van der Waals surface area contributed by atoms with Gasteiger partial charge in [-0.05, 0) is 30.6 Å². The van der Waals surface area contributed by atoms with Crippen molar-refractivity contribution < 1.29 is 0 Å². The molecule has 4 nitrogen and oxygen atoms in total. The molecule has 0 aromatic carbocycles. The lowest BCUT2D eigenvalue weighted by atomic mass is 9.97. The van der Waals surface area contributed by atoms with Crippen molar-refractivity contribution in [1.82, 2.24) is 9.55 Å². The van der Waals surface area contributed by atoms with Crippen LogP contribution in [-0.2, 0) is 6.54 Å². The maximum absolute atomic E-state index is 12.6. The molecule has 0 bridgehead atoms. The van der Waals surface area contributed by atoms with E-state index in [1.54, 1.807) is 0 Å². The first-order valence-corrected chi connectivity index (χ1v) is 7.82. The molecule has 1 fully saturated rings. The van der Waals surface area contributed by atoms with Crippen molar-refractivity contribution in [3.05, 3.63) is 31.6 Å². The molecule has 0 aliphatic heterocycles. The number of H-pyrrole nitrogens is 1. The van der Waals surface area contributed by atoms with Crippen molar-refractivity contribution in [3.8, 4) is 0 Å². The summed E-state index contributed by atoms with van der Waals surface area (Å²) in [5, 5.41) is 0.236. The van der Waals surface area contributed by atoms with Gasteiger partial charge in [-0.1, -0.05) is 45.2 Å². The lowest BCUT2D eigenvalue weighted by molar-refractivity contribution is 0.352. The quantitative estimate of drug-likeness (QED) is 0.868. The lowest BCUT2D eigenvalue weighted by Crippen LogP contribution is -2.40. The van der Waals surface area contributed by atoms with Crippen molar-refractivity contribution >= 4 is 11.6 Å². The number of hydrogen-bond donors (Lipinski definition) is 1. The Hall–Kier alpha value is -1.03. The number of aromatic nitrogens is 2. The second-order valence-corrected chi connectivity index (χ2v) is 6.65. The SMILES string of the molecule is CC(C)C(C)Cn1c(=O)[nH]c(Cl)c(C2CCCC2)c1=O. The van der Waals surface area contributed by atoms with Gasteiger partial charge in [-0.25, -0.2) is 4.79 Å². The minimum Gasteiger partial charge on any atom is -0.297 e. The van der Waals surface area contributed by atoms with E-state index >= 15 is 0 Å². The fraction of sp³-hybridized carbons (Fsp3) is 0.733. The second kappa shape index (κ2) is 6.17. The van der Waals surface area contributed by atoms with Crippen LogP contribution in [0.4, 0.5) is 0 Å². The summed E-state index contributed by atoms with van der Waals surface area (Å²) in [6.07, 6.45) is 4.23. The highest BCUT2D eigenvalue weighted by atomic mass is 35.5. The molecule has 1 N–H and O–H groups in total. The summed E-state index contributed by atoms with van der Waals surface area (Å²) < 4.78 is 1.32. The molecule has 20 heavy (non-hydrogen) atoms. The molecule has 1 aliphatic carbocycles. The lowest BCUT2D eigenvalue weighted by Gasteiger charge is -2.18. The van der Waals surface area contributed by atoms with Crippen molar-refractivity contribution in [3.63, 3.8) is 0 Å². The largest absolute Gasteiger partial charge is 0.329 e. The van der Waals surface area contributed by atoms with Crippen LogP contribution in [0.15, 0.2) is 9.59 Å². The number of hydrogen-bond acceptors (Lipinski definition) is 2. The summed E-state index contributed by atoms with van der Waals surface area (Å²) in [6, 6.07) is 0. The smallest absolute Gasteiger partial charge is 0.297 e. The van der Waals surface area contributed by atoms with Gasteiger partial charge in [0.1, 0.15) is 5.15 Å². The first-order chi connectivity index (χ1) is 9.41. The summed E-state index contributed by atoms with van der Waals surface area (Å²) >= 11 is 6.12. The number of rotatable bonds is 4. The Morgan fingerprint density at radius 1 is 1.25 bits per heavy atom. The van der Waals surface area contributed by atoms with Crippen LogP contribution in [0.2, 0.25) is 5.15 Å². The molecular weight excluding hydrogens is 276 g/mol. The fourth-order valence-corrected chi connectivity index (χ4v) is 3.11. The third kappa shape index (κ3) is 3.00. The molecule has 1 aliphatic rings. The van der Waals surface area contributed by atoms with Gasteiger partial charge in [0.05, 0.1) is 5.56 Å². The molecule has 1 saturated carbocycles. The zero-order valence-electron chi connectivity index (χ0n) is 12.4. The number of nitrogens with one attached hydrogen (secondary N) is 1. The second-order valence-electron chi connectivity index (χ2n) is 6.28. The van der Waals surface area contributed by atoms with Crippen molar-refractivity contribution in [2.45, 2.75) is 58.9 Å². The molecule has 1 unspecified atom stereocenters. The van der Waals surface area contributed by atoms with Gasteiger partial charge in [0, 0.05) is 6.54 Å². The topological polar surface area (TPSA) is 54.9 Å². The highest BCUT2D eigenvalue weighted by Crippen LogP contribution is 2.34. The molecule has 1 aromatic heterocycles. The molecule has 2 rings (SSSR count). The molecule has 5 heteroatoms. The van der Waals surface area contributed by atoms with Crippen molar-refractivity contribution in [2.24, 2.45) is 11.8 Å². The Kier molecular flexibility index (Phi) is 4.74. The third-order valence-corrected chi connectivity index (χ3v) is 4.84. The van der Waals surface area contributed by atoms with E-state index in [1.165, 1.54) is 4.57 Å². The van der Waals surface area contributed by atoms with Crippen LogP contribution in [0.3, 0.4) is 0 Å². The zero-order chi connectivity index (χ0) is 14.9. The van der Waals surface area contributed by atoms with E-state index < -0.39 is 5.69 Å². The van der Waals surface area contributed by atoms with Crippen molar-refractivity contribution in [2.75, 3.05) is 0 Å². The predicted molar refractivity (Wildman–Crippen MR) is 81.5 cm³/mol. The Morgan fingerprint density at radius 3 is 2.40 bits per heavy atom. The van der Waals surface area contributed by atoms with Gasteiger partial charge in [-0.15, -0.1) is 0 Å². The van der Waals surface area contributed by atoms with Gasteiger partial charge in [-0.2, -0.15) is 0 Å². The van der Waals surface area contributed by atoms with Gasteiger partial charge >= 0.3 is 5.69 Å². The highest BCUT2D eigenvalue weighted by molar-refractivity contribution is 6.30. The molecule has 1 heterocycles. The molecule has 112 valence electrons. The third-order valence-electron chi connectivity index (χ3n) is 4.55. The first kappa shape index (κ1) is 15.4. The number of aromatic amines is 1. The summed E-state index contributed by atoms with van der Waals surface area (Å²) in [6.45, 7) is 6.69. The minimum absolute atomic E-state index is 0.196. The van der Waals surface area contributed by atoms with Crippen LogP contribution in [0.1, 0.15) is 57.9 Å². The van der Waals surface area contributed by atoms with Crippen LogP contribution in [0, 0.1) is 11.8 Å². The standard InChI is InChI=1S/C15H23ClN2O2/c1-9(2)10(3)8-18-14(19)12(11-6-4-5-7-11)13(16)17-15(18)20/h9-11H,4-8H2,1-3H3,(H,17,20). The maximum atomic E-state index is 12.6. The summed E-state index contributed by atoms with van der Waals surface area (Å²) in [5.74, 6) is 0.894. The first-order valence-electron chi connectivity index (χ1n) is 7.44. The van der Waals surface area contributed by atoms with E-state index in [-0.39, 0.29) is 22.5 Å². The summed E-state index contributed by atoms with van der Waals surface area (Å²) in [7, 11) is 0. The van der Waals surface area contributed by atoms with E-state index in [9.17, 15) is 9.59 Å². The monoisotopic (exact) mass is 298 g/mol. The Morgan fingerprint density at radius 2 is 1.85 bits per heavy atom. The predicted octanol–water partition coefficient (Wildman–Crippen LogP) is 3.14. The van der Waals surface area contributed by atoms with E-state index in [0.29, 0.717) is 18.0 Å². The Bertz CT molecular complexity index is 583. The van der Waals surface area contributed by atoms with Gasteiger partial charge < -0.3 is 0 Å². The van der Waals surface area contributed by atoms with Gasteiger partial charge in [0.25, 0.3) is 5.56 Å². The maximum Gasteiger partial charge on any atom is 0.329 e. The van der Waals surface area contributed by atoms with Crippen LogP contribution in [0.25, 0.3) is 0 Å². The molecule has 0 amide bonds. The minimum atomic E-state index is -0.394.